The highest BCUT2D eigenvalue weighted by atomic mass is 16.6. The van der Waals surface area contributed by atoms with Crippen LogP contribution in [0.2, 0.25) is 0 Å². The van der Waals surface area contributed by atoms with Gasteiger partial charge in [0.15, 0.2) is 0 Å². The molecule has 1 aliphatic rings. The molecule has 242 valence electrons. The number of alkyl carbamates (subject to hydrolysis) is 1. The predicted octanol–water partition coefficient (Wildman–Crippen LogP) is -1.01. The lowest BCUT2D eigenvalue weighted by atomic mass is 10.0. The van der Waals surface area contributed by atoms with Crippen molar-refractivity contribution in [3.63, 3.8) is 0 Å². The molecule has 1 rings (SSSR count). The first kappa shape index (κ1) is 37.2. The third-order valence-corrected chi connectivity index (χ3v) is 5.64. The molecule has 6 N–H and O–H groups in total. The number of carbonyl (C=O) groups excluding carboxylic acids is 4. The molecule has 0 aliphatic heterocycles. The van der Waals surface area contributed by atoms with Crippen molar-refractivity contribution in [1.29, 1.82) is 0 Å². The first-order valence-electron chi connectivity index (χ1n) is 14.5. The molecular weight excluding hydrogens is 554 g/mol. The van der Waals surface area contributed by atoms with Crippen molar-refractivity contribution in [3.8, 4) is 0 Å². The van der Waals surface area contributed by atoms with Gasteiger partial charge in [-0.05, 0) is 32.1 Å². The second-order valence-corrected chi connectivity index (χ2v) is 9.10. The van der Waals surface area contributed by atoms with Gasteiger partial charge in [0, 0.05) is 13.1 Å². The van der Waals surface area contributed by atoms with Crippen LogP contribution in [0.4, 0.5) is 4.79 Å². The first-order valence-corrected chi connectivity index (χ1v) is 14.5. The lowest BCUT2D eigenvalue weighted by Gasteiger charge is -2.18. The van der Waals surface area contributed by atoms with E-state index in [0.29, 0.717) is 72.6 Å². The molecule has 4 amide bonds. The molecule has 1 unspecified atom stereocenters. The van der Waals surface area contributed by atoms with Crippen molar-refractivity contribution in [1.82, 2.24) is 21.3 Å². The average molecular weight is 604 g/mol. The quantitative estimate of drug-likeness (QED) is 0.0669. The van der Waals surface area contributed by atoms with Crippen molar-refractivity contribution in [2.24, 2.45) is 5.73 Å². The smallest absolute Gasteiger partial charge is 0.407 e. The number of hydrogen-bond donors (Lipinski definition) is 5. The van der Waals surface area contributed by atoms with Crippen molar-refractivity contribution < 1.29 is 47.6 Å². The fourth-order valence-electron chi connectivity index (χ4n) is 3.46. The number of allylic oxidation sites excluding steroid dienone is 2. The lowest BCUT2D eigenvalue weighted by Crippen LogP contribution is -2.43. The summed E-state index contributed by atoms with van der Waals surface area (Å²) in [5, 5.41) is 9.99. The van der Waals surface area contributed by atoms with Crippen LogP contribution in [0.1, 0.15) is 32.1 Å². The maximum Gasteiger partial charge on any atom is 0.407 e. The van der Waals surface area contributed by atoms with E-state index in [-0.39, 0.29) is 38.2 Å². The standard InChI is InChI=1S/C27H49N5O10/c28-20-24(33)31-22-26(35)32-21-25(34)29-8-10-37-12-14-39-16-18-41-19-17-40-15-13-38-11-9-30-27(36)42-23-6-4-2-1-3-5-7-23/h1-2,23H,3-22,28H2,(H,29,34)(H,30,36)(H,31,33)(H,32,35)/b2-1+. The average Bonchev–Trinajstić information content (AvgIpc) is 2.97. The molecule has 15 heteroatoms. The topological polar surface area (TPSA) is 198 Å². The Labute approximate surface area is 247 Å². The van der Waals surface area contributed by atoms with E-state index in [1.807, 2.05) is 0 Å². The minimum atomic E-state index is -0.485. The van der Waals surface area contributed by atoms with E-state index in [1.54, 1.807) is 0 Å². The number of ether oxygens (including phenoxy) is 6. The van der Waals surface area contributed by atoms with E-state index in [1.165, 1.54) is 0 Å². The molecule has 0 fully saturated rings. The second-order valence-electron chi connectivity index (χ2n) is 9.10. The molecule has 0 heterocycles. The van der Waals surface area contributed by atoms with Gasteiger partial charge in [-0.2, -0.15) is 0 Å². The third-order valence-electron chi connectivity index (χ3n) is 5.64. The second kappa shape index (κ2) is 27.0. The minimum Gasteiger partial charge on any atom is -0.446 e. The molecule has 0 aromatic carbocycles. The molecule has 0 aromatic rings. The van der Waals surface area contributed by atoms with Crippen LogP contribution < -0.4 is 27.0 Å². The number of nitrogens with two attached hydrogens (primary N) is 1. The summed E-state index contributed by atoms with van der Waals surface area (Å²) < 4.78 is 32.5. The zero-order valence-electron chi connectivity index (χ0n) is 24.5. The lowest BCUT2D eigenvalue weighted by molar-refractivity contribution is -0.127. The van der Waals surface area contributed by atoms with Crippen molar-refractivity contribution in [2.75, 3.05) is 98.8 Å². The van der Waals surface area contributed by atoms with Gasteiger partial charge in [-0.25, -0.2) is 4.79 Å². The van der Waals surface area contributed by atoms with E-state index in [2.05, 4.69) is 33.4 Å². The van der Waals surface area contributed by atoms with Crippen LogP contribution in [0.15, 0.2) is 12.2 Å². The number of amides is 4. The van der Waals surface area contributed by atoms with Gasteiger partial charge in [-0.3, -0.25) is 14.4 Å². The highest BCUT2D eigenvalue weighted by Crippen LogP contribution is 2.15. The number of rotatable bonds is 24. The zero-order chi connectivity index (χ0) is 30.5. The van der Waals surface area contributed by atoms with E-state index in [0.717, 1.165) is 32.1 Å². The van der Waals surface area contributed by atoms with Crippen molar-refractivity contribution >= 4 is 23.8 Å². The fraction of sp³-hybridized carbons (Fsp3) is 0.778. The molecule has 0 saturated heterocycles. The maximum atomic E-state index is 11.9. The van der Waals surface area contributed by atoms with Gasteiger partial charge in [0.25, 0.3) is 0 Å². The monoisotopic (exact) mass is 603 g/mol. The van der Waals surface area contributed by atoms with Gasteiger partial charge in [0.05, 0.1) is 85.7 Å². The Morgan fingerprint density at radius 1 is 0.595 bits per heavy atom. The van der Waals surface area contributed by atoms with Crippen LogP contribution in [0.3, 0.4) is 0 Å². The Bertz CT molecular complexity index is 772. The van der Waals surface area contributed by atoms with Gasteiger partial charge in [-0.1, -0.05) is 12.2 Å². The van der Waals surface area contributed by atoms with Crippen LogP contribution in [0.5, 0.6) is 0 Å². The molecule has 0 spiro atoms. The molecule has 1 aliphatic carbocycles. The normalized spacial score (nSPS) is 15.6. The Kier molecular flexibility index (Phi) is 24.0. The van der Waals surface area contributed by atoms with Gasteiger partial charge < -0.3 is 55.4 Å². The number of carbonyl (C=O) groups is 4. The highest BCUT2D eigenvalue weighted by Gasteiger charge is 2.14. The first-order chi connectivity index (χ1) is 20.5. The fourth-order valence-corrected chi connectivity index (χ4v) is 3.46. The SMILES string of the molecule is NCC(=O)NCC(=O)NCC(=O)NCCOCCOCCOCCOCCOCCNC(=O)OC1CC/C=C/CCC1. The van der Waals surface area contributed by atoms with E-state index in [9.17, 15) is 19.2 Å². The van der Waals surface area contributed by atoms with Crippen LogP contribution in [-0.2, 0) is 42.8 Å². The molecule has 0 bridgehead atoms. The van der Waals surface area contributed by atoms with E-state index >= 15 is 0 Å². The predicted molar refractivity (Wildman–Crippen MR) is 153 cm³/mol. The third kappa shape index (κ3) is 23.8. The Morgan fingerprint density at radius 2 is 1.07 bits per heavy atom. The summed E-state index contributed by atoms with van der Waals surface area (Å²) in [6.45, 7) is 4.05. The van der Waals surface area contributed by atoms with Crippen LogP contribution in [-0.4, -0.2) is 129 Å². The van der Waals surface area contributed by atoms with Gasteiger partial charge in [0.2, 0.25) is 17.7 Å². The summed E-state index contributed by atoms with van der Waals surface area (Å²) in [5.74, 6) is -1.31. The summed E-state index contributed by atoms with van der Waals surface area (Å²) in [6, 6.07) is 0. The Morgan fingerprint density at radius 3 is 1.64 bits per heavy atom. The summed E-state index contributed by atoms with van der Waals surface area (Å²) in [4.78, 5) is 45.9. The van der Waals surface area contributed by atoms with Gasteiger partial charge >= 0.3 is 6.09 Å². The highest BCUT2D eigenvalue weighted by molar-refractivity contribution is 5.88. The summed E-state index contributed by atoms with van der Waals surface area (Å²) in [6.07, 6.45) is 8.69. The molecular formula is C27H49N5O10. The molecule has 0 aromatic heterocycles. The van der Waals surface area contributed by atoms with Crippen molar-refractivity contribution in [3.05, 3.63) is 12.2 Å². The van der Waals surface area contributed by atoms with Crippen LogP contribution >= 0.6 is 0 Å². The minimum absolute atomic E-state index is 0.0214. The summed E-state index contributed by atoms with van der Waals surface area (Å²) >= 11 is 0. The molecule has 15 nitrogen and oxygen atoms in total. The Balaban J connectivity index is 1.76. The largest absolute Gasteiger partial charge is 0.446 e. The van der Waals surface area contributed by atoms with Gasteiger partial charge in [-0.15, -0.1) is 0 Å². The molecule has 0 radical (unpaired) electrons. The molecule has 0 saturated carbocycles. The molecule has 1 atom stereocenters. The van der Waals surface area contributed by atoms with Crippen LogP contribution in [0.25, 0.3) is 0 Å². The zero-order valence-corrected chi connectivity index (χ0v) is 24.5. The van der Waals surface area contributed by atoms with Crippen molar-refractivity contribution in [2.45, 2.75) is 38.2 Å². The summed E-state index contributed by atoms with van der Waals surface area (Å²) in [5.41, 5.74) is 5.11. The molecule has 42 heavy (non-hydrogen) atoms. The number of nitrogens with one attached hydrogen (secondary N) is 4. The van der Waals surface area contributed by atoms with Gasteiger partial charge in [0.1, 0.15) is 6.10 Å². The Hall–Kier alpha value is -2.82. The van der Waals surface area contributed by atoms with E-state index in [4.69, 9.17) is 34.2 Å². The van der Waals surface area contributed by atoms with E-state index < -0.39 is 17.9 Å². The summed E-state index contributed by atoms with van der Waals surface area (Å²) in [7, 11) is 0. The maximum absolute atomic E-state index is 11.9. The van der Waals surface area contributed by atoms with Crippen LogP contribution in [0, 0.1) is 0 Å². The number of hydrogen-bond acceptors (Lipinski definition) is 11.